The number of carbonyl (C=O) groups excluding carboxylic acids is 1. The van der Waals surface area contributed by atoms with Crippen molar-refractivity contribution in [1.82, 2.24) is 9.80 Å². The molecule has 14 heavy (non-hydrogen) atoms. The number of nitrogens with two attached hydrogens (primary N) is 1. The summed E-state index contributed by atoms with van der Waals surface area (Å²) >= 11 is 0. The molecule has 0 aromatic heterocycles. The smallest absolute Gasteiger partial charge is 0.239 e. The topological polar surface area (TPSA) is 49.6 Å². The van der Waals surface area contributed by atoms with Crippen LogP contribution in [0, 0.1) is 0 Å². The Morgan fingerprint density at radius 1 is 1.43 bits per heavy atom. The highest BCUT2D eigenvalue weighted by Gasteiger charge is 2.25. The third kappa shape index (κ3) is 2.69. The fraction of sp³-hybridized carbons (Fsp3) is 0.900. The third-order valence-electron chi connectivity index (χ3n) is 2.98. The van der Waals surface area contributed by atoms with Crippen LogP contribution in [0.5, 0.6) is 0 Å². The van der Waals surface area contributed by atoms with Gasteiger partial charge in [0.2, 0.25) is 5.91 Å². The van der Waals surface area contributed by atoms with Crippen LogP contribution in [0.3, 0.4) is 0 Å². The van der Waals surface area contributed by atoms with E-state index in [4.69, 9.17) is 5.73 Å². The maximum Gasteiger partial charge on any atom is 0.239 e. The van der Waals surface area contributed by atoms with Gasteiger partial charge in [-0.25, -0.2) is 0 Å². The van der Waals surface area contributed by atoms with Crippen LogP contribution < -0.4 is 5.73 Å². The van der Waals surface area contributed by atoms with Gasteiger partial charge in [0.25, 0.3) is 0 Å². The molecule has 1 aliphatic heterocycles. The van der Waals surface area contributed by atoms with E-state index in [0.717, 1.165) is 25.9 Å². The predicted molar refractivity (Wildman–Crippen MR) is 56.9 cm³/mol. The van der Waals surface area contributed by atoms with Gasteiger partial charge in [-0.2, -0.15) is 0 Å². The van der Waals surface area contributed by atoms with Crippen LogP contribution in [0.1, 0.15) is 19.8 Å². The van der Waals surface area contributed by atoms with Gasteiger partial charge in [0.05, 0.1) is 6.04 Å². The van der Waals surface area contributed by atoms with E-state index in [9.17, 15) is 4.79 Å². The van der Waals surface area contributed by atoms with E-state index >= 15 is 0 Å². The van der Waals surface area contributed by atoms with E-state index in [2.05, 4.69) is 0 Å². The molecule has 1 unspecified atom stereocenters. The Balaban J connectivity index is 2.45. The predicted octanol–water partition coefficient (Wildman–Crippen LogP) is -0.114. The molecule has 1 saturated heterocycles. The molecule has 0 bridgehead atoms. The summed E-state index contributed by atoms with van der Waals surface area (Å²) in [4.78, 5) is 15.8. The van der Waals surface area contributed by atoms with Gasteiger partial charge in [0, 0.05) is 19.1 Å². The third-order valence-corrected chi connectivity index (χ3v) is 2.98. The summed E-state index contributed by atoms with van der Waals surface area (Å²) in [7, 11) is 3.86. The number of hydrogen-bond donors (Lipinski definition) is 1. The van der Waals surface area contributed by atoms with Crippen LogP contribution in [0.4, 0.5) is 0 Å². The Morgan fingerprint density at radius 2 is 1.93 bits per heavy atom. The van der Waals surface area contributed by atoms with Crippen molar-refractivity contribution in [2.24, 2.45) is 5.73 Å². The van der Waals surface area contributed by atoms with E-state index in [1.54, 1.807) is 0 Å². The molecule has 1 heterocycles. The van der Waals surface area contributed by atoms with Gasteiger partial charge in [-0.1, -0.05) is 0 Å². The molecule has 0 aliphatic carbocycles. The number of hydrogen-bond acceptors (Lipinski definition) is 3. The van der Waals surface area contributed by atoms with Crippen molar-refractivity contribution in [2.75, 3.05) is 27.2 Å². The minimum absolute atomic E-state index is 0.0238. The van der Waals surface area contributed by atoms with Crippen molar-refractivity contribution in [1.29, 1.82) is 0 Å². The Bertz CT molecular complexity index is 198. The lowest BCUT2D eigenvalue weighted by Crippen LogP contribution is -2.49. The van der Waals surface area contributed by atoms with E-state index in [1.165, 1.54) is 0 Å². The Morgan fingerprint density at radius 3 is 2.36 bits per heavy atom. The number of piperidine rings is 1. The van der Waals surface area contributed by atoms with Gasteiger partial charge in [0.1, 0.15) is 0 Å². The van der Waals surface area contributed by atoms with Crippen molar-refractivity contribution in [3.8, 4) is 0 Å². The molecule has 0 aromatic carbocycles. The van der Waals surface area contributed by atoms with Crippen molar-refractivity contribution >= 4 is 5.91 Å². The maximum absolute atomic E-state index is 11.9. The summed E-state index contributed by atoms with van der Waals surface area (Å²) in [5.74, 6) is 0.224. The lowest BCUT2D eigenvalue weighted by molar-refractivity contribution is -0.136. The Hall–Kier alpha value is -0.610. The fourth-order valence-electron chi connectivity index (χ4n) is 1.60. The van der Waals surface area contributed by atoms with Crippen LogP contribution in [0.2, 0.25) is 0 Å². The summed E-state index contributed by atoms with van der Waals surface area (Å²) in [6.45, 7) is 3.58. The first-order valence-electron chi connectivity index (χ1n) is 5.23. The molecule has 0 saturated carbocycles. The Labute approximate surface area is 86.0 Å². The number of nitrogens with zero attached hydrogens (tertiary/aromatic N) is 2. The van der Waals surface area contributed by atoms with E-state index in [1.807, 2.05) is 30.8 Å². The minimum Gasteiger partial charge on any atom is -0.341 e. The molecule has 0 radical (unpaired) electrons. The van der Waals surface area contributed by atoms with E-state index < -0.39 is 0 Å². The number of likely N-dealkylation sites (N-methyl/N-ethyl adjacent to an activating group) is 1. The zero-order valence-corrected chi connectivity index (χ0v) is 9.36. The molecular weight excluding hydrogens is 178 g/mol. The molecule has 1 fully saturated rings. The second-order valence-corrected chi connectivity index (χ2v) is 4.30. The highest BCUT2D eigenvalue weighted by molar-refractivity contribution is 5.81. The van der Waals surface area contributed by atoms with Gasteiger partial charge in [-0.05, 0) is 33.9 Å². The average Bonchev–Trinajstić information content (AvgIpc) is 2.16. The second kappa shape index (κ2) is 4.75. The van der Waals surface area contributed by atoms with Crippen LogP contribution >= 0.6 is 0 Å². The number of carbonyl (C=O) groups is 1. The van der Waals surface area contributed by atoms with Gasteiger partial charge >= 0.3 is 0 Å². The van der Waals surface area contributed by atoms with Crippen LogP contribution in [0.25, 0.3) is 0 Å². The molecule has 4 nitrogen and oxygen atoms in total. The fourth-order valence-corrected chi connectivity index (χ4v) is 1.60. The first kappa shape index (κ1) is 11.5. The normalized spacial score (nSPS) is 21.4. The second-order valence-electron chi connectivity index (χ2n) is 4.30. The maximum atomic E-state index is 11.9. The lowest BCUT2D eigenvalue weighted by Gasteiger charge is -2.33. The molecular formula is C10H21N3O. The highest BCUT2D eigenvalue weighted by Crippen LogP contribution is 2.10. The SMILES string of the molecule is CC(C(=O)N1CCC(N)CC1)N(C)C. The summed E-state index contributed by atoms with van der Waals surface area (Å²) in [5, 5.41) is 0. The van der Waals surface area contributed by atoms with Crippen LogP contribution in [0.15, 0.2) is 0 Å². The number of likely N-dealkylation sites (tertiary alicyclic amines) is 1. The molecule has 0 aromatic rings. The summed E-state index contributed by atoms with van der Waals surface area (Å²) in [5.41, 5.74) is 5.78. The van der Waals surface area contributed by atoms with Gasteiger partial charge in [-0.15, -0.1) is 0 Å². The van der Waals surface area contributed by atoms with E-state index in [0.29, 0.717) is 0 Å². The van der Waals surface area contributed by atoms with Gasteiger partial charge < -0.3 is 10.6 Å². The average molecular weight is 199 g/mol. The van der Waals surface area contributed by atoms with Crippen molar-refractivity contribution in [3.63, 3.8) is 0 Å². The minimum atomic E-state index is -0.0238. The van der Waals surface area contributed by atoms with E-state index in [-0.39, 0.29) is 18.0 Å². The van der Waals surface area contributed by atoms with Crippen LogP contribution in [-0.4, -0.2) is 55.0 Å². The lowest BCUT2D eigenvalue weighted by atomic mass is 10.1. The molecule has 1 rings (SSSR count). The zero-order chi connectivity index (χ0) is 10.7. The number of rotatable bonds is 2. The standard InChI is InChI=1S/C10H21N3O/c1-8(12(2)3)10(14)13-6-4-9(11)5-7-13/h8-9H,4-7,11H2,1-3H3. The quantitative estimate of drug-likeness (QED) is 0.675. The zero-order valence-electron chi connectivity index (χ0n) is 9.36. The number of amides is 1. The molecule has 82 valence electrons. The van der Waals surface area contributed by atoms with Crippen LogP contribution in [-0.2, 0) is 4.79 Å². The molecule has 2 N–H and O–H groups in total. The molecule has 0 spiro atoms. The largest absolute Gasteiger partial charge is 0.341 e. The summed E-state index contributed by atoms with van der Waals surface area (Å²) < 4.78 is 0. The summed E-state index contributed by atoms with van der Waals surface area (Å²) in [6, 6.07) is 0.262. The first-order chi connectivity index (χ1) is 6.52. The highest BCUT2D eigenvalue weighted by atomic mass is 16.2. The van der Waals surface area contributed by atoms with Crippen molar-refractivity contribution in [3.05, 3.63) is 0 Å². The van der Waals surface area contributed by atoms with Gasteiger partial charge in [0.15, 0.2) is 0 Å². The molecule has 1 amide bonds. The molecule has 4 heteroatoms. The Kier molecular flexibility index (Phi) is 3.89. The molecule has 1 aliphatic rings. The first-order valence-corrected chi connectivity index (χ1v) is 5.23. The van der Waals surface area contributed by atoms with Gasteiger partial charge in [-0.3, -0.25) is 9.69 Å². The van der Waals surface area contributed by atoms with Crippen molar-refractivity contribution in [2.45, 2.75) is 31.8 Å². The monoisotopic (exact) mass is 199 g/mol. The molecule has 1 atom stereocenters. The van der Waals surface area contributed by atoms with Crippen molar-refractivity contribution < 1.29 is 4.79 Å². The summed E-state index contributed by atoms with van der Waals surface area (Å²) in [6.07, 6.45) is 1.87.